The number of hydrogen-bond donors (Lipinski definition) is 2. The molecule has 0 heterocycles. The van der Waals surface area contributed by atoms with Gasteiger partial charge in [0.1, 0.15) is 0 Å². The van der Waals surface area contributed by atoms with E-state index in [1.165, 1.54) is 6.08 Å². The molecule has 0 aliphatic carbocycles. The molecule has 0 aromatic heterocycles. The van der Waals surface area contributed by atoms with Crippen LogP contribution in [0.2, 0.25) is 0 Å². The predicted octanol–water partition coefficient (Wildman–Crippen LogP) is 1.50. The number of carboxylic acids is 1. The molecule has 0 saturated carbocycles. The predicted molar refractivity (Wildman–Crippen MR) is 51.8 cm³/mol. The molecule has 2 N–H and O–H groups in total. The lowest BCUT2D eigenvalue weighted by atomic mass is 9.90. The first-order valence-corrected chi connectivity index (χ1v) is 4.67. The Labute approximate surface area is 83.0 Å². The maximum absolute atomic E-state index is 10.2. The Hall–Kier alpha value is -0.540. The fraction of sp³-hybridized carbons (Fsp3) is 0.667. The maximum atomic E-state index is 10.2. The van der Waals surface area contributed by atoms with Gasteiger partial charge in [0.25, 0.3) is 0 Å². The van der Waals surface area contributed by atoms with Gasteiger partial charge in [0.15, 0.2) is 0 Å². The van der Waals surface area contributed by atoms with Crippen molar-refractivity contribution in [3.63, 3.8) is 0 Å². The van der Waals surface area contributed by atoms with E-state index in [1.54, 1.807) is 0 Å². The molecule has 0 aliphatic rings. The van der Waals surface area contributed by atoms with Gasteiger partial charge in [0, 0.05) is 17.9 Å². The Morgan fingerprint density at radius 3 is 2.38 bits per heavy atom. The van der Waals surface area contributed by atoms with E-state index in [1.807, 2.05) is 13.8 Å². The average molecular weight is 207 g/mol. The first-order valence-electron chi connectivity index (χ1n) is 4.14. The van der Waals surface area contributed by atoms with Crippen molar-refractivity contribution in [1.29, 1.82) is 0 Å². The molecule has 0 rings (SSSR count). The van der Waals surface area contributed by atoms with Crippen LogP contribution >= 0.6 is 11.6 Å². The number of aliphatic hydroxyl groups excluding tert-OH is 1. The van der Waals surface area contributed by atoms with Crippen LogP contribution in [0, 0.1) is 11.8 Å². The van der Waals surface area contributed by atoms with Crippen LogP contribution in [-0.2, 0) is 4.79 Å². The minimum atomic E-state index is -1.01. The van der Waals surface area contributed by atoms with Gasteiger partial charge in [-0.3, -0.25) is 0 Å². The van der Waals surface area contributed by atoms with Crippen LogP contribution in [0.15, 0.2) is 12.2 Å². The van der Waals surface area contributed by atoms with Gasteiger partial charge in [0.2, 0.25) is 0 Å². The lowest BCUT2D eigenvalue weighted by molar-refractivity contribution is -0.131. The zero-order valence-corrected chi connectivity index (χ0v) is 8.53. The third-order valence-electron chi connectivity index (χ3n) is 1.83. The minimum Gasteiger partial charge on any atom is -0.478 e. The summed E-state index contributed by atoms with van der Waals surface area (Å²) >= 11 is 5.47. The van der Waals surface area contributed by atoms with Crippen molar-refractivity contribution in [3.8, 4) is 0 Å². The van der Waals surface area contributed by atoms with Gasteiger partial charge >= 0.3 is 5.97 Å². The largest absolute Gasteiger partial charge is 0.478 e. The van der Waals surface area contributed by atoms with E-state index in [-0.39, 0.29) is 17.7 Å². The van der Waals surface area contributed by atoms with Crippen LogP contribution in [-0.4, -0.2) is 28.2 Å². The van der Waals surface area contributed by atoms with E-state index in [0.717, 1.165) is 6.08 Å². The number of alkyl halides is 1. The third-order valence-corrected chi connectivity index (χ3v) is 2.15. The van der Waals surface area contributed by atoms with Gasteiger partial charge in [-0.2, -0.15) is 0 Å². The first-order chi connectivity index (χ1) is 5.99. The van der Waals surface area contributed by atoms with Gasteiger partial charge < -0.3 is 10.2 Å². The number of halogens is 1. The van der Waals surface area contributed by atoms with E-state index in [2.05, 4.69) is 0 Å². The van der Waals surface area contributed by atoms with Crippen molar-refractivity contribution in [2.75, 3.05) is 5.88 Å². The van der Waals surface area contributed by atoms with Gasteiger partial charge in [-0.1, -0.05) is 19.9 Å². The molecule has 2 atom stereocenters. The van der Waals surface area contributed by atoms with Gasteiger partial charge in [-0.15, -0.1) is 11.6 Å². The number of aliphatic hydroxyl groups is 1. The SMILES string of the molecule is CC(C)C(/C=C/C(=O)O)C(O)CCl. The number of hydrogen-bond acceptors (Lipinski definition) is 2. The molecule has 0 aliphatic heterocycles. The summed E-state index contributed by atoms with van der Waals surface area (Å²) < 4.78 is 0. The topological polar surface area (TPSA) is 57.5 Å². The summed E-state index contributed by atoms with van der Waals surface area (Å²) in [7, 11) is 0. The molecule has 0 fully saturated rings. The van der Waals surface area contributed by atoms with Gasteiger partial charge in [0.05, 0.1) is 6.10 Å². The van der Waals surface area contributed by atoms with E-state index < -0.39 is 12.1 Å². The molecule has 0 amide bonds. The molecule has 2 unspecified atom stereocenters. The number of rotatable bonds is 5. The fourth-order valence-electron chi connectivity index (χ4n) is 1.09. The molecule has 0 bridgehead atoms. The van der Waals surface area contributed by atoms with Crippen molar-refractivity contribution >= 4 is 17.6 Å². The van der Waals surface area contributed by atoms with Crippen molar-refractivity contribution < 1.29 is 15.0 Å². The summed E-state index contributed by atoms with van der Waals surface area (Å²) in [4.78, 5) is 10.2. The Morgan fingerprint density at radius 2 is 2.08 bits per heavy atom. The quantitative estimate of drug-likeness (QED) is 0.530. The Kier molecular flexibility index (Phi) is 5.75. The molecule has 0 radical (unpaired) electrons. The third kappa shape index (κ3) is 4.90. The van der Waals surface area contributed by atoms with Crippen LogP contribution in [0.3, 0.4) is 0 Å². The van der Waals surface area contributed by atoms with Crippen LogP contribution in [0.1, 0.15) is 13.8 Å². The minimum absolute atomic E-state index is 0.118. The second-order valence-corrected chi connectivity index (χ2v) is 3.55. The zero-order valence-electron chi connectivity index (χ0n) is 7.77. The molecule has 0 saturated heterocycles. The molecule has 76 valence electrons. The summed E-state index contributed by atoms with van der Waals surface area (Å²) in [5, 5.41) is 17.8. The highest BCUT2D eigenvalue weighted by Crippen LogP contribution is 2.18. The summed E-state index contributed by atoms with van der Waals surface area (Å²) in [6.45, 7) is 3.82. The van der Waals surface area contributed by atoms with Crippen LogP contribution in [0.5, 0.6) is 0 Å². The Morgan fingerprint density at radius 1 is 1.54 bits per heavy atom. The van der Waals surface area contributed by atoms with E-state index in [0.29, 0.717) is 0 Å². The molecule has 4 heteroatoms. The summed E-state index contributed by atoms with van der Waals surface area (Å²) in [6.07, 6.45) is 1.85. The average Bonchev–Trinajstić information content (AvgIpc) is 2.03. The number of carbonyl (C=O) groups is 1. The highest BCUT2D eigenvalue weighted by molar-refractivity contribution is 6.18. The monoisotopic (exact) mass is 206 g/mol. The highest BCUT2D eigenvalue weighted by atomic mass is 35.5. The highest BCUT2D eigenvalue weighted by Gasteiger charge is 2.19. The lowest BCUT2D eigenvalue weighted by Gasteiger charge is -2.21. The van der Waals surface area contributed by atoms with Crippen molar-refractivity contribution in [1.82, 2.24) is 0 Å². The van der Waals surface area contributed by atoms with Crippen molar-refractivity contribution in [2.45, 2.75) is 20.0 Å². The molecule has 0 aromatic carbocycles. The molecule has 3 nitrogen and oxygen atoms in total. The van der Waals surface area contributed by atoms with Gasteiger partial charge in [-0.25, -0.2) is 4.79 Å². The molecular weight excluding hydrogens is 192 g/mol. The first kappa shape index (κ1) is 12.5. The smallest absolute Gasteiger partial charge is 0.327 e. The molecular formula is C9H15ClO3. The van der Waals surface area contributed by atoms with Crippen LogP contribution < -0.4 is 0 Å². The molecule has 0 spiro atoms. The lowest BCUT2D eigenvalue weighted by Crippen LogP contribution is -2.25. The molecule has 0 aromatic rings. The second-order valence-electron chi connectivity index (χ2n) is 3.24. The zero-order chi connectivity index (χ0) is 10.4. The van der Waals surface area contributed by atoms with E-state index in [4.69, 9.17) is 16.7 Å². The van der Waals surface area contributed by atoms with Crippen molar-refractivity contribution in [2.24, 2.45) is 11.8 Å². The van der Waals surface area contributed by atoms with Crippen LogP contribution in [0.25, 0.3) is 0 Å². The van der Waals surface area contributed by atoms with Crippen LogP contribution in [0.4, 0.5) is 0 Å². The normalized spacial score (nSPS) is 16.4. The fourth-order valence-corrected chi connectivity index (χ4v) is 1.30. The van der Waals surface area contributed by atoms with Gasteiger partial charge in [-0.05, 0) is 5.92 Å². The summed E-state index contributed by atoms with van der Waals surface area (Å²) in [5.74, 6) is -0.919. The van der Waals surface area contributed by atoms with E-state index >= 15 is 0 Å². The summed E-state index contributed by atoms with van der Waals surface area (Å²) in [6, 6.07) is 0. The number of carboxylic acid groups (broad SMARTS) is 1. The Balaban J connectivity index is 4.34. The van der Waals surface area contributed by atoms with Crippen molar-refractivity contribution in [3.05, 3.63) is 12.2 Å². The van der Waals surface area contributed by atoms with E-state index in [9.17, 15) is 9.90 Å². The maximum Gasteiger partial charge on any atom is 0.327 e. The second kappa shape index (κ2) is 6.00. The standard InChI is InChI=1S/C9H15ClO3/c1-6(2)7(8(11)5-10)3-4-9(12)13/h3-4,6-8,11H,5H2,1-2H3,(H,12,13)/b4-3+. The molecule has 13 heavy (non-hydrogen) atoms. The summed E-state index contributed by atoms with van der Waals surface area (Å²) in [5.41, 5.74) is 0. The Bertz CT molecular complexity index is 189. The number of aliphatic carboxylic acids is 1.